The monoisotopic (exact) mass is 138 g/mol. The SMILES string of the molecule is C=C1C=C(O)C=C(CC)O1. The highest BCUT2D eigenvalue weighted by atomic mass is 16.5. The Hall–Kier alpha value is -1.18. The third-order valence-corrected chi connectivity index (χ3v) is 1.23. The topological polar surface area (TPSA) is 29.5 Å². The number of allylic oxidation sites excluding steroid dienone is 3. The van der Waals surface area contributed by atoms with Crippen LogP contribution in [0.1, 0.15) is 13.3 Å². The molecule has 0 atom stereocenters. The van der Waals surface area contributed by atoms with Gasteiger partial charge in [0.1, 0.15) is 17.3 Å². The molecule has 2 heteroatoms. The van der Waals surface area contributed by atoms with Gasteiger partial charge in [0.25, 0.3) is 0 Å². The van der Waals surface area contributed by atoms with Gasteiger partial charge >= 0.3 is 0 Å². The van der Waals surface area contributed by atoms with E-state index in [2.05, 4.69) is 6.58 Å². The summed E-state index contributed by atoms with van der Waals surface area (Å²) in [4.78, 5) is 0. The van der Waals surface area contributed by atoms with Crippen molar-refractivity contribution in [2.24, 2.45) is 0 Å². The maximum atomic E-state index is 9.02. The largest absolute Gasteiger partial charge is 0.508 e. The van der Waals surface area contributed by atoms with Crippen LogP contribution in [0, 0.1) is 0 Å². The zero-order valence-corrected chi connectivity index (χ0v) is 5.92. The second-order valence-electron chi connectivity index (χ2n) is 2.10. The first-order chi connectivity index (χ1) is 4.72. The van der Waals surface area contributed by atoms with Crippen LogP contribution >= 0.6 is 0 Å². The zero-order chi connectivity index (χ0) is 7.56. The van der Waals surface area contributed by atoms with E-state index in [0.717, 1.165) is 12.2 Å². The Morgan fingerprint density at radius 1 is 1.60 bits per heavy atom. The van der Waals surface area contributed by atoms with Crippen molar-refractivity contribution in [3.63, 3.8) is 0 Å². The van der Waals surface area contributed by atoms with E-state index in [1.165, 1.54) is 6.08 Å². The van der Waals surface area contributed by atoms with Crippen LogP contribution in [-0.4, -0.2) is 5.11 Å². The minimum Gasteiger partial charge on any atom is -0.508 e. The summed E-state index contributed by atoms with van der Waals surface area (Å²) in [6.07, 6.45) is 3.85. The molecule has 0 aromatic rings. The molecule has 0 aliphatic carbocycles. The van der Waals surface area contributed by atoms with Crippen molar-refractivity contribution in [1.29, 1.82) is 0 Å². The van der Waals surface area contributed by atoms with Gasteiger partial charge in [0.2, 0.25) is 0 Å². The Morgan fingerprint density at radius 2 is 2.30 bits per heavy atom. The first-order valence-corrected chi connectivity index (χ1v) is 3.20. The quantitative estimate of drug-likeness (QED) is 0.602. The molecule has 1 aliphatic rings. The first kappa shape index (κ1) is 6.93. The number of ether oxygens (including phenoxy) is 1. The van der Waals surface area contributed by atoms with Gasteiger partial charge in [-0.15, -0.1) is 0 Å². The van der Waals surface area contributed by atoms with Gasteiger partial charge in [-0.05, 0) is 0 Å². The molecule has 1 aliphatic heterocycles. The Morgan fingerprint density at radius 3 is 2.80 bits per heavy atom. The first-order valence-electron chi connectivity index (χ1n) is 3.20. The molecular weight excluding hydrogens is 128 g/mol. The van der Waals surface area contributed by atoms with Crippen LogP contribution in [0.15, 0.2) is 36.0 Å². The summed E-state index contributed by atoms with van der Waals surface area (Å²) < 4.78 is 5.14. The minimum absolute atomic E-state index is 0.216. The van der Waals surface area contributed by atoms with E-state index < -0.39 is 0 Å². The van der Waals surface area contributed by atoms with Crippen LogP contribution in [0.3, 0.4) is 0 Å². The summed E-state index contributed by atoms with van der Waals surface area (Å²) in [6, 6.07) is 0. The van der Waals surface area contributed by atoms with Crippen LogP contribution in [0.5, 0.6) is 0 Å². The normalized spacial score (nSPS) is 17.5. The van der Waals surface area contributed by atoms with Crippen molar-refractivity contribution in [3.8, 4) is 0 Å². The molecule has 54 valence electrons. The summed E-state index contributed by atoms with van der Waals surface area (Å²) in [5.74, 6) is 1.47. The fourth-order valence-electron chi connectivity index (χ4n) is 0.773. The van der Waals surface area contributed by atoms with Crippen molar-refractivity contribution in [2.45, 2.75) is 13.3 Å². The Labute approximate surface area is 60.1 Å². The summed E-state index contributed by atoms with van der Waals surface area (Å²) in [6.45, 7) is 5.52. The highest BCUT2D eigenvalue weighted by Gasteiger charge is 2.05. The van der Waals surface area contributed by atoms with Crippen molar-refractivity contribution in [3.05, 3.63) is 36.0 Å². The van der Waals surface area contributed by atoms with E-state index in [0.29, 0.717) is 5.76 Å². The van der Waals surface area contributed by atoms with Crippen LogP contribution in [0.2, 0.25) is 0 Å². The van der Waals surface area contributed by atoms with E-state index in [1.54, 1.807) is 6.08 Å². The smallest absolute Gasteiger partial charge is 0.123 e. The highest BCUT2D eigenvalue weighted by molar-refractivity contribution is 5.27. The van der Waals surface area contributed by atoms with E-state index in [1.807, 2.05) is 6.92 Å². The van der Waals surface area contributed by atoms with Gasteiger partial charge in [-0.1, -0.05) is 13.5 Å². The van der Waals surface area contributed by atoms with Crippen molar-refractivity contribution >= 4 is 0 Å². The number of hydrogen-bond acceptors (Lipinski definition) is 2. The molecule has 0 saturated carbocycles. The Kier molecular flexibility index (Phi) is 1.81. The lowest BCUT2D eigenvalue weighted by molar-refractivity contribution is 0.291. The highest BCUT2D eigenvalue weighted by Crippen LogP contribution is 2.17. The third-order valence-electron chi connectivity index (χ3n) is 1.23. The summed E-state index contributed by atoms with van der Waals surface area (Å²) in [5, 5.41) is 9.02. The van der Waals surface area contributed by atoms with Gasteiger partial charge in [0, 0.05) is 18.6 Å². The van der Waals surface area contributed by atoms with E-state index >= 15 is 0 Å². The van der Waals surface area contributed by atoms with Gasteiger partial charge in [-0.25, -0.2) is 0 Å². The number of rotatable bonds is 1. The molecule has 0 aromatic heterocycles. The standard InChI is InChI=1S/C8H10O2/c1-3-8-5-7(9)4-6(2)10-8/h4-5,9H,2-3H2,1H3. The van der Waals surface area contributed by atoms with E-state index in [-0.39, 0.29) is 5.76 Å². The lowest BCUT2D eigenvalue weighted by Gasteiger charge is -2.11. The average Bonchev–Trinajstić information content (AvgIpc) is 1.85. The predicted octanol–water partition coefficient (Wildman–Crippen LogP) is 2.27. The van der Waals surface area contributed by atoms with E-state index in [9.17, 15) is 0 Å². The van der Waals surface area contributed by atoms with Gasteiger partial charge < -0.3 is 9.84 Å². The molecular formula is C8H10O2. The molecule has 0 radical (unpaired) electrons. The zero-order valence-electron chi connectivity index (χ0n) is 5.92. The molecule has 2 nitrogen and oxygen atoms in total. The van der Waals surface area contributed by atoms with Crippen LogP contribution < -0.4 is 0 Å². The van der Waals surface area contributed by atoms with Crippen LogP contribution in [-0.2, 0) is 4.74 Å². The molecule has 1 heterocycles. The second-order valence-corrected chi connectivity index (χ2v) is 2.10. The van der Waals surface area contributed by atoms with Gasteiger partial charge in [-0.3, -0.25) is 0 Å². The third kappa shape index (κ3) is 1.41. The molecule has 0 fully saturated rings. The van der Waals surface area contributed by atoms with Crippen molar-refractivity contribution in [2.75, 3.05) is 0 Å². The number of aliphatic hydroxyl groups excluding tert-OH is 1. The fraction of sp³-hybridized carbons (Fsp3) is 0.250. The average molecular weight is 138 g/mol. The molecule has 10 heavy (non-hydrogen) atoms. The molecule has 0 spiro atoms. The van der Waals surface area contributed by atoms with Gasteiger partial charge in [0.15, 0.2) is 0 Å². The maximum absolute atomic E-state index is 9.02. The van der Waals surface area contributed by atoms with E-state index in [4.69, 9.17) is 9.84 Å². The molecule has 0 amide bonds. The molecule has 0 saturated heterocycles. The van der Waals surface area contributed by atoms with Crippen LogP contribution in [0.25, 0.3) is 0 Å². The fourth-order valence-corrected chi connectivity index (χ4v) is 0.773. The molecule has 0 aromatic carbocycles. The van der Waals surface area contributed by atoms with Crippen LogP contribution in [0.4, 0.5) is 0 Å². The second kappa shape index (κ2) is 2.60. The Bertz CT molecular complexity index is 211. The summed E-state index contributed by atoms with van der Waals surface area (Å²) >= 11 is 0. The summed E-state index contributed by atoms with van der Waals surface area (Å²) in [7, 11) is 0. The lowest BCUT2D eigenvalue weighted by atomic mass is 10.2. The molecule has 1 rings (SSSR count). The maximum Gasteiger partial charge on any atom is 0.123 e. The molecule has 0 unspecified atom stereocenters. The minimum atomic E-state index is 0.216. The summed E-state index contributed by atoms with van der Waals surface area (Å²) in [5.41, 5.74) is 0. The number of hydrogen-bond donors (Lipinski definition) is 1. The van der Waals surface area contributed by atoms with Crippen molar-refractivity contribution in [1.82, 2.24) is 0 Å². The lowest BCUT2D eigenvalue weighted by Crippen LogP contribution is -1.96. The van der Waals surface area contributed by atoms with Crippen molar-refractivity contribution < 1.29 is 9.84 Å². The van der Waals surface area contributed by atoms with Gasteiger partial charge in [-0.2, -0.15) is 0 Å². The number of aliphatic hydroxyl groups is 1. The van der Waals surface area contributed by atoms with Gasteiger partial charge in [0.05, 0.1) is 0 Å². The molecule has 0 bridgehead atoms. The molecule has 1 N–H and O–H groups in total. The Balaban J connectivity index is 2.80. The predicted molar refractivity (Wildman–Crippen MR) is 39.3 cm³/mol.